The molecule has 30 heavy (non-hydrogen) atoms. The summed E-state index contributed by atoms with van der Waals surface area (Å²) in [6.45, 7) is 1.59. The highest BCUT2D eigenvalue weighted by molar-refractivity contribution is 6.33. The number of carbonyl (C=O) groups is 2. The second-order valence-corrected chi connectivity index (χ2v) is 7.84. The molecule has 3 aromatic rings. The molecule has 1 aliphatic heterocycles. The lowest BCUT2D eigenvalue weighted by atomic mass is 9.89. The van der Waals surface area contributed by atoms with Crippen LogP contribution in [0.25, 0.3) is 11.0 Å². The molecule has 1 aromatic carbocycles. The smallest absolute Gasteiger partial charge is 0.252 e. The molecule has 0 aliphatic carbocycles. The van der Waals surface area contributed by atoms with Crippen molar-refractivity contribution in [3.63, 3.8) is 0 Å². The van der Waals surface area contributed by atoms with Crippen LogP contribution in [0.15, 0.2) is 42.7 Å². The first-order valence-electron chi connectivity index (χ1n) is 9.96. The predicted octanol–water partition coefficient (Wildman–Crippen LogP) is 3.88. The molecule has 0 saturated carbocycles. The van der Waals surface area contributed by atoms with Gasteiger partial charge in [0, 0.05) is 43.8 Å². The van der Waals surface area contributed by atoms with Gasteiger partial charge in [0.15, 0.2) is 0 Å². The zero-order chi connectivity index (χ0) is 21.1. The number of halogens is 2. The van der Waals surface area contributed by atoms with E-state index in [-0.39, 0.29) is 29.5 Å². The number of rotatable bonds is 5. The molecule has 1 fully saturated rings. The SMILES string of the molecule is O=C(NCCC(=O)N1CCC(c2c[nH]c3ncccc23)CC1)c1ccc(F)cc1Cl. The number of carbonyl (C=O) groups excluding carboxylic acids is 2. The third-order valence-electron chi connectivity index (χ3n) is 5.57. The number of hydrogen-bond donors (Lipinski definition) is 2. The van der Waals surface area contributed by atoms with E-state index in [4.69, 9.17) is 11.6 Å². The molecule has 2 amide bonds. The van der Waals surface area contributed by atoms with Crippen LogP contribution < -0.4 is 5.32 Å². The summed E-state index contributed by atoms with van der Waals surface area (Å²) in [7, 11) is 0. The molecular weight excluding hydrogens is 407 g/mol. The van der Waals surface area contributed by atoms with Crippen LogP contribution in [0, 0.1) is 5.82 Å². The summed E-state index contributed by atoms with van der Waals surface area (Å²) in [5.41, 5.74) is 2.34. The molecule has 0 radical (unpaired) electrons. The first-order valence-corrected chi connectivity index (χ1v) is 10.3. The third-order valence-corrected chi connectivity index (χ3v) is 5.88. The summed E-state index contributed by atoms with van der Waals surface area (Å²) < 4.78 is 13.1. The van der Waals surface area contributed by atoms with E-state index >= 15 is 0 Å². The van der Waals surface area contributed by atoms with Crippen LogP contribution in [0.2, 0.25) is 5.02 Å². The summed E-state index contributed by atoms with van der Waals surface area (Å²) in [6.07, 6.45) is 5.80. The summed E-state index contributed by atoms with van der Waals surface area (Å²) in [6, 6.07) is 7.61. The number of pyridine rings is 1. The number of H-pyrrole nitrogens is 1. The second kappa shape index (κ2) is 8.83. The van der Waals surface area contributed by atoms with Crippen LogP contribution >= 0.6 is 11.6 Å². The highest BCUT2D eigenvalue weighted by Crippen LogP contribution is 2.32. The molecule has 0 unspecified atom stereocenters. The number of aromatic amines is 1. The number of fused-ring (bicyclic) bond motifs is 1. The number of amides is 2. The van der Waals surface area contributed by atoms with Gasteiger partial charge in [-0.2, -0.15) is 0 Å². The van der Waals surface area contributed by atoms with Crippen molar-refractivity contribution in [2.45, 2.75) is 25.2 Å². The Morgan fingerprint density at radius 2 is 2.07 bits per heavy atom. The molecule has 6 nitrogen and oxygen atoms in total. The zero-order valence-corrected chi connectivity index (χ0v) is 17.1. The number of nitrogens with one attached hydrogen (secondary N) is 2. The summed E-state index contributed by atoms with van der Waals surface area (Å²) in [5, 5.41) is 3.87. The first kappa shape index (κ1) is 20.3. The lowest BCUT2D eigenvalue weighted by Crippen LogP contribution is -2.39. The first-order chi connectivity index (χ1) is 14.5. The Labute approximate surface area is 178 Å². The van der Waals surface area contributed by atoms with Crippen molar-refractivity contribution in [2.24, 2.45) is 0 Å². The number of likely N-dealkylation sites (tertiary alicyclic amines) is 1. The molecule has 3 heterocycles. The van der Waals surface area contributed by atoms with Gasteiger partial charge in [0.1, 0.15) is 11.5 Å². The van der Waals surface area contributed by atoms with Crippen molar-refractivity contribution in [3.8, 4) is 0 Å². The Bertz CT molecular complexity index is 1080. The van der Waals surface area contributed by atoms with Gasteiger partial charge in [-0.1, -0.05) is 11.6 Å². The minimum atomic E-state index is -0.501. The van der Waals surface area contributed by atoms with Gasteiger partial charge in [0.05, 0.1) is 10.6 Å². The minimum absolute atomic E-state index is 0.0135. The van der Waals surface area contributed by atoms with Gasteiger partial charge < -0.3 is 15.2 Å². The maximum atomic E-state index is 13.1. The highest BCUT2D eigenvalue weighted by atomic mass is 35.5. The zero-order valence-electron chi connectivity index (χ0n) is 16.3. The van der Waals surface area contributed by atoms with Gasteiger partial charge >= 0.3 is 0 Å². The molecule has 0 bridgehead atoms. The number of piperidine rings is 1. The molecule has 1 saturated heterocycles. The van der Waals surface area contributed by atoms with E-state index < -0.39 is 11.7 Å². The number of nitrogens with zero attached hydrogens (tertiary/aromatic N) is 2. The van der Waals surface area contributed by atoms with Gasteiger partial charge in [0.25, 0.3) is 5.91 Å². The highest BCUT2D eigenvalue weighted by Gasteiger charge is 2.25. The summed E-state index contributed by atoms with van der Waals surface area (Å²) >= 11 is 5.90. The lowest BCUT2D eigenvalue weighted by molar-refractivity contribution is -0.132. The van der Waals surface area contributed by atoms with Gasteiger partial charge in [-0.3, -0.25) is 9.59 Å². The summed E-state index contributed by atoms with van der Waals surface area (Å²) in [5.74, 6) is -0.509. The van der Waals surface area contributed by atoms with Crippen LogP contribution in [0.5, 0.6) is 0 Å². The van der Waals surface area contributed by atoms with Gasteiger partial charge in [0.2, 0.25) is 5.91 Å². The van der Waals surface area contributed by atoms with Crippen LogP contribution in [0.4, 0.5) is 4.39 Å². The van der Waals surface area contributed by atoms with Gasteiger partial charge in [-0.15, -0.1) is 0 Å². The summed E-state index contributed by atoms with van der Waals surface area (Å²) in [4.78, 5) is 34.1. The molecular formula is C22H22ClFN4O2. The molecule has 0 spiro atoms. The number of aromatic nitrogens is 2. The Morgan fingerprint density at radius 3 is 2.83 bits per heavy atom. The van der Waals surface area contributed by atoms with E-state index in [9.17, 15) is 14.0 Å². The van der Waals surface area contributed by atoms with Crippen LogP contribution in [0.1, 0.15) is 41.1 Å². The van der Waals surface area contributed by atoms with Gasteiger partial charge in [-0.25, -0.2) is 9.37 Å². The van der Waals surface area contributed by atoms with E-state index in [2.05, 4.69) is 21.4 Å². The Hall–Kier alpha value is -2.93. The predicted molar refractivity (Wildman–Crippen MR) is 113 cm³/mol. The van der Waals surface area contributed by atoms with E-state index in [1.54, 1.807) is 6.20 Å². The quantitative estimate of drug-likeness (QED) is 0.647. The standard InChI is InChI=1S/C22H22ClFN4O2/c23-19-12-15(24)3-4-17(19)22(30)26-9-5-20(29)28-10-6-14(7-11-28)18-13-27-21-16(18)2-1-8-25-21/h1-4,8,12-14H,5-7,9-11H2,(H,25,27)(H,26,30). The Balaban J connectivity index is 1.26. The fraction of sp³-hybridized carbons (Fsp3) is 0.318. The van der Waals surface area contributed by atoms with Crippen LogP contribution in [0.3, 0.4) is 0 Å². The fourth-order valence-electron chi connectivity index (χ4n) is 3.96. The average molecular weight is 429 g/mol. The number of hydrogen-bond acceptors (Lipinski definition) is 3. The monoisotopic (exact) mass is 428 g/mol. The average Bonchev–Trinajstić information content (AvgIpc) is 3.18. The van der Waals surface area contributed by atoms with E-state index in [0.717, 1.165) is 29.9 Å². The molecule has 156 valence electrons. The van der Waals surface area contributed by atoms with Crippen LogP contribution in [-0.2, 0) is 4.79 Å². The van der Waals surface area contributed by atoms with Crippen molar-refractivity contribution in [1.82, 2.24) is 20.2 Å². The second-order valence-electron chi connectivity index (χ2n) is 7.43. The third kappa shape index (κ3) is 4.31. The maximum Gasteiger partial charge on any atom is 0.252 e. The van der Waals surface area contributed by atoms with E-state index in [0.29, 0.717) is 19.0 Å². The van der Waals surface area contributed by atoms with Crippen molar-refractivity contribution < 1.29 is 14.0 Å². The van der Waals surface area contributed by atoms with Crippen molar-refractivity contribution in [1.29, 1.82) is 0 Å². The maximum absolute atomic E-state index is 13.1. The van der Waals surface area contributed by atoms with Crippen molar-refractivity contribution in [2.75, 3.05) is 19.6 Å². The van der Waals surface area contributed by atoms with Gasteiger partial charge in [-0.05, 0) is 54.7 Å². The molecule has 2 N–H and O–H groups in total. The molecule has 2 aromatic heterocycles. The van der Waals surface area contributed by atoms with Crippen molar-refractivity contribution >= 4 is 34.4 Å². The Kier molecular flexibility index (Phi) is 5.99. The van der Waals surface area contributed by atoms with E-state index in [1.165, 1.54) is 17.7 Å². The lowest BCUT2D eigenvalue weighted by Gasteiger charge is -2.32. The largest absolute Gasteiger partial charge is 0.351 e. The normalized spacial score (nSPS) is 14.8. The minimum Gasteiger partial charge on any atom is -0.351 e. The Morgan fingerprint density at radius 1 is 1.27 bits per heavy atom. The molecule has 4 rings (SSSR count). The van der Waals surface area contributed by atoms with Crippen LogP contribution in [-0.4, -0.2) is 46.3 Å². The molecule has 1 aliphatic rings. The topological polar surface area (TPSA) is 78.1 Å². The fourth-order valence-corrected chi connectivity index (χ4v) is 4.22. The van der Waals surface area contributed by atoms with Crippen molar-refractivity contribution in [3.05, 3.63) is 64.7 Å². The molecule has 8 heteroatoms. The molecule has 0 atom stereocenters. The van der Waals surface area contributed by atoms with E-state index in [1.807, 2.05) is 17.2 Å². The number of benzene rings is 1.